The van der Waals surface area contributed by atoms with Gasteiger partial charge >= 0.3 is 0 Å². The van der Waals surface area contributed by atoms with Gasteiger partial charge in [0.25, 0.3) is 0 Å². The van der Waals surface area contributed by atoms with Crippen molar-refractivity contribution in [3.8, 4) is 0 Å². The van der Waals surface area contributed by atoms with E-state index < -0.39 is 0 Å². The average Bonchev–Trinajstić information content (AvgIpc) is 2.48. The van der Waals surface area contributed by atoms with E-state index in [1.165, 1.54) is 12.0 Å². The highest BCUT2D eigenvalue weighted by Gasteiger charge is 2.43. The number of anilines is 1. The molecule has 1 spiro atoms. The largest absolute Gasteiger partial charge is 0.369 e. The number of benzene rings is 1. The van der Waals surface area contributed by atoms with Crippen LogP contribution < -0.4 is 16.4 Å². The number of rotatable bonds is 2. The number of aliphatic imine (C=N–C) groups is 2. The van der Waals surface area contributed by atoms with E-state index in [9.17, 15) is 0 Å². The van der Waals surface area contributed by atoms with E-state index in [4.69, 9.17) is 16.5 Å². The van der Waals surface area contributed by atoms with Crippen LogP contribution in [0.3, 0.4) is 0 Å². The molecule has 1 aliphatic heterocycles. The van der Waals surface area contributed by atoms with Gasteiger partial charge < -0.3 is 11.5 Å². The first-order valence-corrected chi connectivity index (χ1v) is 8.63. The minimum atomic E-state index is -0.385. The molecule has 1 saturated carbocycles. The Morgan fingerprint density at radius 3 is 2.59 bits per heavy atom. The predicted octanol–water partition coefficient (Wildman–Crippen LogP) is 3.12. The lowest BCUT2D eigenvalue weighted by molar-refractivity contribution is 0.305. The van der Waals surface area contributed by atoms with Crippen molar-refractivity contribution in [2.24, 2.45) is 21.5 Å². The monoisotopic (exact) mass is 363 g/mol. The fraction of sp³-hybridized carbons (Fsp3) is 0.500. The van der Waals surface area contributed by atoms with Crippen LogP contribution in [-0.4, -0.2) is 17.6 Å². The van der Waals surface area contributed by atoms with Crippen LogP contribution >= 0.6 is 15.9 Å². The first-order valence-electron chi connectivity index (χ1n) is 7.84. The maximum Gasteiger partial charge on any atom is 0.220 e. The molecule has 1 fully saturated rings. The molecule has 1 aliphatic carbocycles. The van der Waals surface area contributed by atoms with Crippen molar-refractivity contribution in [1.82, 2.24) is 0 Å². The molecule has 0 amide bonds. The molecule has 0 bridgehead atoms. The highest BCUT2D eigenvalue weighted by atomic mass is 79.9. The lowest BCUT2D eigenvalue weighted by atomic mass is 9.87. The summed E-state index contributed by atoms with van der Waals surface area (Å²) in [5.41, 5.74) is 14.0. The molecule has 0 saturated heterocycles. The first kappa shape index (κ1) is 15.3. The lowest BCUT2D eigenvalue weighted by Crippen LogP contribution is -2.58. The van der Waals surface area contributed by atoms with Crippen LogP contribution in [0.4, 0.5) is 5.69 Å². The summed E-state index contributed by atoms with van der Waals surface area (Å²) in [5, 5.41) is 0. The van der Waals surface area contributed by atoms with Crippen molar-refractivity contribution in [3.05, 3.63) is 28.2 Å². The Labute approximate surface area is 139 Å². The summed E-state index contributed by atoms with van der Waals surface area (Å²) in [5.74, 6) is 0.719. The maximum atomic E-state index is 6.24. The van der Waals surface area contributed by atoms with Crippen molar-refractivity contribution in [2.45, 2.75) is 51.1 Å². The Morgan fingerprint density at radius 1 is 1.23 bits per heavy atom. The molecule has 118 valence electrons. The first-order chi connectivity index (χ1) is 10.6. The summed E-state index contributed by atoms with van der Waals surface area (Å²) in [7, 11) is 0. The van der Waals surface area contributed by atoms with Crippen LogP contribution in [0.1, 0.15) is 44.6 Å². The number of aryl methyl sites for hydroxylation is 1. The van der Waals surface area contributed by atoms with Gasteiger partial charge in [-0.05, 0) is 65.7 Å². The standard InChI is InChI=1S/C16H22BrN5/c1-2-11-6-7-13(12(17)10-11)22-15(19)20-14(18)21-16(22)8-4-3-5-9-16/h6-7,10H,2-5,8-9H2,1H3,(H4,18,19,20,21). The van der Waals surface area contributed by atoms with Gasteiger partial charge in [-0.3, -0.25) is 4.90 Å². The second-order valence-electron chi connectivity index (χ2n) is 5.96. The van der Waals surface area contributed by atoms with E-state index in [0.29, 0.717) is 5.96 Å². The molecule has 0 atom stereocenters. The number of hydrogen-bond donors (Lipinski definition) is 2. The molecule has 0 aromatic heterocycles. The maximum absolute atomic E-state index is 6.24. The predicted molar refractivity (Wildman–Crippen MR) is 95.1 cm³/mol. The molecule has 0 radical (unpaired) electrons. The minimum absolute atomic E-state index is 0.289. The third-order valence-electron chi connectivity index (χ3n) is 4.51. The van der Waals surface area contributed by atoms with Crippen LogP contribution in [0.25, 0.3) is 0 Å². The van der Waals surface area contributed by atoms with E-state index in [0.717, 1.165) is 42.3 Å². The zero-order valence-corrected chi connectivity index (χ0v) is 14.4. The molecule has 0 unspecified atom stereocenters. The van der Waals surface area contributed by atoms with Crippen molar-refractivity contribution in [2.75, 3.05) is 4.90 Å². The topological polar surface area (TPSA) is 80.0 Å². The van der Waals surface area contributed by atoms with Crippen molar-refractivity contribution in [1.29, 1.82) is 0 Å². The number of hydrogen-bond acceptors (Lipinski definition) is 5. The van der Waals surface area contributed by atoms with Crippen molar-refractivity contribution < 1.29 is 0 Å². The van der Waals surface area contributed by atoms with E-state index in [1.807, 2.05) is 0 Å². The number of nitrogens with two attached hydrogens (primary N) is 2. The zero-order valence-electron chi connectivity index (χ0n) is 12.8. The molecule has 22 heavy (non-hydrogen) atoms. The summed E-state index contributed by atoms with van der Waals surface area (Å²) in [6.07, 6.45) is 6.39. The summed E-state index contributed by atoms with van der Waals surface area (Å²) < 4.78 is 1.02. The molecule has 4 N–H and O–H groups in total. The zero-order chi connectivity index (χ0) is 15.7. The van der Waals surface area contributed by atoms with Gasteiger partial charge in [0, 0.05) is 4.47 Å². The number of halogens is 1. The Hall–Kier alpha value is -1.56. The second-order valence-corrected chi connectivity index (χ2v) is 6.81. The average molecular weight is 364 g/mol. The van der Waals surface area contributed by atoms with Crippen LogP contribution in [-0.2, 0) is 6.42 Å². The van der Waals surface area contributed by atoms with Gasteiger partial charge in [0.1, 0.15) is 5.66 Å². The van der Waals surface area contributed by atoms with Gasteiger partial charge in [0.2, 0.25) is 11.9 Å². The molecule has 1 heterocycles. The minimum Gasteiger partial charge on any atom is -0.369 e. The van der Waals surface area contributed by atoms with Crippen molar-refractivity contribution in [3.63, 3.8) is 0 Å². The molecule has 5 nitrogen and oxygen atoms in total. The fourth-order valence-corrected chi connectivity index (χ4v) is 4.03. The second kappa shape index (κ2) is 5.91. The normalized spacial score (nSPS) is 20.7. The van der Waals surface area contributed by atoms with Gasteiger partial charge in [-0.15, -0.1) is 0 Å². The van der Waals surface area contributed by atoms with Crippen LogP contribution in [0.2, 0.25) is 0 Å². The molecule has 3 rings (SSSR count). The number of nitrogens with zero attached hydrogens (tertiary/aromatic N) is 3. The van der Waals surface area contributed by atoms with E-state index in [2.05, 4.69) is 50.9 Å². The summed E-state index contributed by atoms with van der Waals surface area (Å²) in [4.78, 5) is 11.0. The fourth-order valence-electron chi connectivity index (χ4n) is 3.42. The summed E-state index contributed by atoms with van der Waals surface area (Å²) in [6, 6.07) is 6.37. The highest BCUT2D eigenvalue weighted by Crippen LogP contribution is 2.41. The van der Waals surface area contributed by atoms with Gasteiger partial charge in [-0.2, -0.15) is 4.99 Å². The van der Waals surface area contributed by atoms with E-state index >= 15 is 0 Å². The Balaban J connectivity index is 2.08. The molecule has 2 aliphatic rings. The Morgan fingerprint density at radius 2 is 1.95 bits per heavy atom. The SMILES string of the molecule is CCc1ccc(N2C(N)=NC(N)=NC23CCCCC3)c(Br)c1. The Bertz CT molecular complexity index is 631. The van der Waals surface area contributed by atoms with Crippen molar-refractivity contribution >= 4 is 33.5 Å². The van der Waals surface area contributed by atoms with E-state index in [-0.39, 0.29) is 11.6 Å². The molecule has 6 heteroatoms. The quantitative estimate of drug-likeness (QED) is 0.846. The van der Waals surface area contributed by atoms with Crippen LogP contribution in [0.5, 0.6) is 0 Å². The molecular weight excluding hydrogens is 342 g/mol. The third kappa shape index (κ3) is 2.60. The smallest absolute Gasteiger partial charge is 0.220 e. The summed E-state index contributed by atoms with van der Waals surface area (Å²) >= 11 is 3.68. The Kier molecular flexibility index (Phi) is 4.12. The van der Waals surface area contributed by atoms with Gasteiger partial charge in [-0.1, -0.05) is 19.4 Å². The van der Waals surface area contributed by atoms with Gasteiger partial charge in [-0.25, -0.2) is 4.99 Å². The van der Waals surface area contributed by atoms with Crippen LogP contribution in [0, 0.1) is 0 Å². The molecule has 1 aromatic rings. The van der Waals surface area contributed by atoms with Gasteiger partial charge in [0.05, 0.1) is 5.69 Å². The number of guanidine groups is 2. The lowest BCUT2D eigenvalue weighted by Gasteiger charge is -2.46. The molecule has 1 aromatic carbocycles. The highest BCUT2D eigenvalue weighted by molar-refractivity contribution is 9.10. The molecular formula is C16H22BrN5. The summed E-state index contributed by atoms with van der Waals surface area (Å²) in [6.45, 7) is 2.14. The third-order valence-corrected chi connectivity index (χ3v) is 5.15. The van der Waals surface area contributed by atoms with E-state index in [1.54, 1.807) is 0 Å². The van der Waals surface area contributed by atoms with Gasteiger partial charge in [0.15, 0.2) is 0 Å². The van der Waals surface area contributed by atoms with Crippen LogP contribution in [0.15, 0.2) is 32.7 Å².